The van der Waals surface area contributed by atoms with Crippen molar-refractivity contribution >= 4 is 33.5 Å². The van der Waals surface area contributed by atoms with E-state index < -0.39 is 12.1 Å². The number of esters is 2. The number of carbonyl (C=O) groups excluding carboxylic acids is 2. The minimum atomic E-state index is -0.686. The number of hydrogen-bond donors (Lipinski definition) is 1. The third-order valence-corrected chi connectivity index (χ3v) is 5.73. The molecule has 0 unspecified atom stereocenters. The smallest absolute Gasteiger partial charge is 0.348 e. The Morgan fingerprint density at radius 3 is 2.85 bits per heavy atom. The predicted octanol–water partition coefficient (Wildman–Crippen LogP) is 3.43. The van der Waals surface area contributed by atoms with Crippen LogP contribution in [0.3, 0.4) is 0 Å². The molecule has 27 heavy (non-hydrogen) atoms. The first-order valence-corrected chi connectivity index (χ1v) is 9.80. The zero-order valence-electron chi connectivity index (χ0n) is 15.5. The van der Waals surface area contributed by atoms with Gasteiger partial charge in [0.05, 0.1) is 17.9 Å². The Bertz CT molecular complexity index is 959. The number of nitrogens with one attached hydrogen (secondary N) is 1. The van der Waals surface area contributed by atoms with E-state index in [4.69, 9.17) is 9.47 Å². The quantitative estimate of drug-likeness (QED) is 0.620. The van der Waals surface area contributed by atoms with Crippen molar-refractivity contribution in [3.63, 3.8) is 0 Å². The van der Waals surface area contributed by atoms with Gasteiger partial charge in [0.2, 0.25) is 0 Å². The summed E-state index contributed by atoms with van der Waals surface area (Å²) in [5, 5.41) is 0.364. The summed E-state index contributed by atoms with van der Waals surface area (Å²) in [7, 11) is 0. The molecule has 2 aromatic rings. The molecule has 1 aliphatic rings. The molecule has 1 aliphatic carbocycles. The van der Waals surface area contributed by atoms with E-state index in [-0.39, 0.29) is 29.9 Å². The first-order chi connectivity index (χ1) is 12.9. The van der Waals surface area contributed by atoms with Gasteiger partial charge in [0.25, 0.3) is 5.56 Å². The lowest BCUT2D eigenvalue weighted by atomic mass is 9.95. The molecule has 0 aliphatic heterocycles. The van der Waals surface area contributed by atoms with Crippen LogP contribution in [-0.2, 0) is 14.3 Å². The zero-order valence-corrected chi connectivity index (χ0v) is 16.4. The molecule has 1 N–H and O–H groups in total. The number of H-pyrrole nitrogens is 1. The maximum Gasteiger partial charge on any atom is 0.348 e. The third-order valence-electron chi connectivity index (χ3n) is 4.56. The van der Waals surface area contributed by atoms with Crippen LogP contribution in [-0.4, -0.2) is 28.5 Å². The van der Waals surface area contributed by atoms with E-state index in [1.807, 2.05) is 6.08 Å². The SMILES string of the molecule is CCOC(=O)c1sc2nc([C@H](C)OC(=O)[C@@H]3CC=CCC3)[nH]c(=O)c2c1C. The Balaban J connectivity index is 1.86. The molecule has 3 rings (SSSR count). The van der Waals surface area contributed by atoms with E-state index in [0.717, 1.165) is 24.2 Å². The Kier molecular flexibility index (Phi) is 5.74. The predicted molar refractivity (Wildman–Crippen MR) is 102 cm³/mol. The van der Waals surface area contributed by atoms with Crippen LogP contribution < -0.4 is 5.56 Å². The van der Waals surface area contributed by atoms with Crippen molar-refractivity contribution in [3.05, 3.63) is 38.8 Å². The van der Waals surface area contributed by atoms with Gasteiger partial charge in [0.1, 0.15) is 9.71 Å². The number of aromatic nitrogens is 2. The van der Waals surface area contributed by atoms with Gasteiger partial charge in [0.15, 0.2) is 11.9 Å². The maximum atomic E-state index is 12.5. The minimum absolute atomic E-state index is 0.160. The zero-order chi connectivity index (χ0) is 19.6. The molecular weight excluding hydrogens is 368 g/mol. The lowest BCUT2D eigenvalue weighted by Crippen LogP contribution is -2.22. The lowest BCUT2D eigenvalue weighted by molar-refractivity contribution is -0.154. The Labute approximate surface area is 160 Å². The summed E-state index contributed by atoms with van der Waals surface area (Å²) in [5.41, 5.74) is 0.190. The fourth-order valence-electron chi connectivity index (χ4n) is 3.08. The summed E-state index contributed by atoms with van der Waals surface area (Å²) in [6.45, 7) is 5.35. The molecule has 2 atom stereocenters. The summed E-state index contributed by atoms with van der Waals surface area (Å²) in [6.07, 6.45) is 5.65. The summed E-state index contributed by atoms with van der Waals surface area (Å²) in [5.74, 6) is -0.649. The van der Waals surface area contributed by atoms with Gasteiger partial charge < -0.3 is 14.5 Å². The molecule has 2 heterocycles. The normalized spacial score (nSPS) is 17.7. The molecule has 0 bridgehead atoms. The molecule has 0 aromatic carbocycles. The van der Waals surface area contributed by atoms with E-state index in [0.29, 0.717) is 27.1 Å². The van der Waals surface area contributed by atoms with Crippen LogP contribution in [0, 0.1) is 12.8 Å². The third kappa shape index (κ3) is 3.95. The summed E-state index contributed by atoms with van der Waals surface area (Å²) >= 11 is 1.11. The second kappa shape index (κ2) is 8.04. The highest BCUT2D eigenvalue weighted by atomic mass is 32.1. The van der Waals surface area contributed by atoms with E-state index in [2.05, 4.69) is 16.0 Å². The van der Waals surface area contributed by atoms with Gasteiger partial charge in [-0.3, -0.25) is 9.59 Å². The first kappa shape index (κ1) is 19.3. The van der Waals surface area contributed by atoms with E-state index >= 15 is 0 Å². The summed E-state index contributed by atoms with van der Waals surface area (Å²) in [6, 6.07) is 0. The molecule has 0 amide bonds. The van der Waals surface area contributed by atoms with Crippen LogP contribution in [0.15, 0.2) is 16.9 Å². The van der Waals surface area contributed by atoms with Crippen LogP contribution in [0.25, 0.3) is 10.2 Å². The number of rotatable bonds is 5. The molecule has 8 heteroatoms. The molecule has 0 saturated carbocycles. The van der Waals surface area contributed by atoms with Crippen molar-refractivity contribution in [2.75, 3.05) is 6.61 Å². The van der Waals surface area contributed by atoms with Crippen LogP contribution in [0.5, 0.6) is 0 Å². The highest BCUT2D eigenvalue weighted by Crippen LogP contribution is 2.29. The second-order valence-electron chi connectivity index (χ2n) is 6.47. The van der Waals surface area contributed by atoms with Crippen molar-refractivity contribution in [2.45, 2.75) is 46.1 Å². The number of hydrogen-bond acceptors (Lipinski definition) is 7. The molecule has 0 fully saturated rings. The second-order valence-corrected chi connectivity index (χ2v) is 7.47. The topological polar surface area (TPSA) is 98.3 Å². The van der Waals surface area contributed by atoms with Crippen molar-refractivity contribution < 1.29 is 19.1 Å². The number of thiophene rings is 1. The van der Waals surface area contributed by atoms with Crippen molar-refractivity contribution in [1.29, 1.82) is 0 Å². The number of carbonyl (C=O) groups is 2. The van der Waals surface area contributed by atoms with Gasteiger partial charge in [-0.15, -0.1) is 11.3 Å². The highest BCUT2D eigenvalue weighted by molar-refractivity contribution is 7.20. The molecule has 0 spiro atoms. The van der Waals surface area contributed by atoms with Crippen LogP contribution in [0.4, 0.5) is 0 Å². The number of nitrogens with zero attached hydrogens (tertiary/aromatic N) is 1. The summed E-state index contributed by atoms with van der Waals surface area (Å²) in [4.78, 5) is 44.8. The highest BCUT2D eigenvalue weighted by Gasteiger charge is 2.25. The lowest BCUT2D eigenvalue weighted by Gasteiger charge is -2.19. The minimum Gasteiger partial charge on any atom is -0.462 e. The van der Waals surface area contributed by atoms with Gasteiger partial charge in [-0.2, -0.15) is 0 Å². The van der Waals surface area contributed by atoms with Gasteiger partial charge in [-0.1, -0.05) is 12.2 Å². The van der Waals surface area contributed by atoms with E-state index in [1.165, 1.54) is 0 Å². The number of aryl methyl sites for hydroxylation is 1. The number of ether oxygens (including phenoxy) is 2. The number of allylic oxidation sites excluding steroid dienone is 2. The number of fused-ring (bicyclic) bond motifs is 1. The molecule has 0 saturated heterocycles. The standard InChI is InChI=1S/C19H22N2O5S/c1-4-25-19(24)14-10(2)13-16(22)20-15(21-17(13)27-14)11(3)26-18(23)12-8-6-5-7-9-12/h5-6,11-12H,4,7-9H2,1-3H3,(H,20,21,22)/t11-,12+/m0/s1. The van der Waals surface area contributed by atoms with Crippen LogP contribution in [0.2, 0.25) is 0 Å². The monoisotopic (exact) mass is 390 g/mol. The maximum absolute atomic E-state index is 12.5. The average molecular weight is 390 g/mol. The average Bonchev–Trinajstić information content (AvgIpc) is 2.99. The molecule has 0 radical (unpaired) electrons. The van der Waals surface area contributed by atoms with E-state index in [9.17, 15) is 14.4 Å². The Morgan fingerprint density at radius 2 is 2.19 bits per heavy atom. The Hall–Kier alpha value is -2.48. The van der Waals surface area contributed by atoms with Crippen LogP contribution in [0.1, 0.15) is 60.3 Å². The van der Waals surface area contributed by atoms with Gasteiger partial charge in [-0.05, 0) is 45.6 Å². The van der Waals surface area contributed by atoms with Gasteiger partial charge >= 0.3 is 11.9 Å². The number of aromatic amines is 1. The molecular formula is C19H22N2O5S. The van der Waals surface area contributed by atoms with Gasteiger partial charge in [0, 0.05) is 0 Å². The van der Waals surface area contributed by atoms with Crippen LogP contribution >= 0.6 is 11.3 Å². The first-order valence-electron chi connectivity index (χ1n) is 8.98. The Morgan fingerprint density at radius 1 is 1.41 bits per heavy atom. The van der Waals surface area contributed by atoms with Crippen molar-refractivity contribution in [3.8, 4) is 0 Å². The fraction of sp³-hybridized carbons (Fsp3) is 0.474. The molecule has 144 valence electrons. The van der Waals surface area contributed by atoms with Gasteiger partial charge in [-0.25, -0.2) is 9.78 Å². The van der Waals surface area contributed by atoms with E-state index in [1.54, 1.807) is 20.8 Å². The largest absolute Gasteiger partial charge is 0.462 e. The molecule has 2 aromatic heterocycles. The molecule has 7 nitrogen and oxygen atoms in total. The van der Waals surface area contributed by atoms with Crippen molar-refractivity contribution in [2.24, 2.45) is 5.92 Å². The summed E-state index contributed by atoms with van der Waals surface area (Å²) < 4.78 is 10.5. The van der Waals surface area contributed by atoms with Crippen molar-refractivity contribution in [1.82, 2.24) is 9.97 Å². The fourth-order valence-corrected chi connectivity index (χ4v) is 4.16.